The van der Waals surface area contributed by atoms with Crippen LogP contribution in [0.25, 0.3) is 0 Å². The van der Waals surface area contributed by atoms with Gasteiger partial charge in [-0.1, -0.05) is 18.2 Å². The van der Waals surface area contributed by atoms with Crippen molar-refractivity contribution in [2.24, 2.45) is 5.41 Å². The van der Waals surface area contributed by atoms with Gasteiger partial charge in [-0.2, -0.15) is 0 Å². The van der Waals surface area contributed by atoms with Gasteiger partial charge in [0.1, 0.15) is 11.9 Å². The van der Waals surface area contributed by atoms with E-state index in [9.17, 15) is 9.18 Å². The number of carbonyl (C=O) groups is 1. The van der Waals surface area contributed by atoms with Crippen molar-refractivity contribution in [1.29, 1.82) is 0 Å². The fourth-order valence-electron chi connectivity index (χ4n) is 4.04. The molecule has 0 aliphatic carbocycles. The standard InChI is InChI=1S/C20H30FN3O3/c1-26-15-20(6-8-22-9-7-20)14-23-19(25)18(24-10-12-27-13-11-24)16-4-2-3-5-17(16)21/h2-5,18,22H,6-15H2,1H3,(H,23,25). The summed E-state index contributed by atoms with van der Waals surface area (Å²) in [5.74, 6) is -0.506. The summed E-state index contributed by atoms with van der Waals surface area (Å²) in [7, 11) is 1.70. The molecule has 150 valence electrons. The number of ether oxygens (including phenoxy) is 2. The van der Waals surface area contributed by atoms with Crippen LogP contribution < -0.4 is 10.6 Å². The third-order valence-corrected chi connectivity index (χ3v) is 5.61. The van der Waals surface area contributed by atoms with E-state index in [1.165, 1.54) is 6.07 Å². The first-order chi connectivity index (χ1) is 13.2. The molecule has 1 amide bonds. The van der Waals surface area contributed by atoms with Gasteiger partial charge >= 0.3 is 0 Å². The Labute approximate surface area is 160 Å². The van der Waals surface area contributed by atoms with E-state index in [1.807, 2.05) is 4.90 Å². The number of methoxy groups -OCH3 is 1. The second kappa shape index (κ2) is 9.59. The van der Waals surface area contributed by atoms with Crippen molar-refractivity contribution < 1.29 is 18.7 Å². The number of rotatable bonds is 7. The second-order valence-corrected chi connectivity index (χ2v) is 7.47. The summed E-state index contributed by atoms with van der Waals surface area (Å²) in [6, 6.07) is 5.89. The summed E-state index contributed by atoms with van der Waals surface area (Å²) in [6.07, 6.45) is 1.89. The van der Waals surface area contributed by atoms with Gasteiger partial charge in [0.2, 0.25) is 5.91 Å². The SMILES string of the molecule is COCC1(CNC(=O)C(c2ccccc2F)N2CCOCC2)CCNCC1. The Morgan fingerprint density at radius 1 is 1.33 bits per heavy atom. The molecular formula is C20H30FN3O3. The molecule has 0 bridgehead atoms. The molecule has 0 aromatic heterocycles. The molecule has 1 aromatic rings. The summed E-state index contributed by atoms with van der Waals surface area (Å²) >= 11 is 0. The summed E-state index contributed by atoms with van der Waals surface area (Å²) in [5.41, 5.74) is 0.350. The summed E-state index contributed by atoms with van der Waals surface area (Å²) in [4.78, 5) is 15.2. The molecule has 0 spiro atoms. The van der Waals surface area contributed by atoms with Gasteiger partial charge in [-0.3, -0.25) is 9.69 Å². The van der Waals surface area contributed by atoms with Crippen LogP contribution in [0.15, 0.2) is 24.3 Å². The summed E-state index contributed by atoms with van der Waals surface area (Å²) in [6.45, 7) is 5.31. The second-order valence-electron chi connectivity index (χ2n) is 7.47. The first-order valence-electron chi connectivity index (χ1n) is 9.69. The molecule has 1 aromatic carbocycles. The molecule has 2 aliphatic rings. The number of morpholine rings is 1. The number of hydrogen-bond acceptors (Lipinski definition) is 5. The molecule has 1 unspecified atom stereocenters. The topological polar surface area (TPSA) is 62.8 Å². The zero-order valence-corrected chi connectivity index (χ0v) is 16.0. The van der Waals surface area contributed by atoms with Crippen LogP contribution in [-0.2, 0) is 14.3 Å². The first kappa shape index (κ1) is 20.2. The lowest BCUT2D eigenvalue weighted by Crippen LogP contribution is -2.51. The normalized spacial score (nSPS) is 21.6. The van der Waals surface area contributed by atoms with Gasteiger partial charge in [0.05, 0.1) is 19.8 Å². The summed E-state index contributed by atoms with van der Waals surface area (Å²) in [5, 5.41) is 6.46. The molecule has 2 fully saturated rings. The van der Waals surface area contributed by atoms with Crippen LogP contribution in [0.3, 0.4) is 0 Å². The van der Waals surface area contributed by atoms with E-state index in [0.717, 1.165) is 25.9 Å². The van der Waals surface area contributed by atoms with Crippen molar-refractivity contribution in [2.45, 2.75) is 18.9 Å². The van der Waals surface area contributed by atoms with Crippen molar-refractivity contribution in [2.75, 3.05) is 59.7 Å². The maximum atomic E-state index is 14.5. The van der Waals surface area contributed by atoms with Crippen LogP contribution in [0.4, 0.5) is 4.39 Å². The summed E-state index contributed by atoms with van der Waals surface area (Å²) < 4.78 is 25.3. The number of benzene rings is 1. The predicted octanol–water partition coefficient (Wildman–Crippen LogP) is 1.33. The minimum Gasteiger partial charge on any atom is -0.384 e. The monoisotopic (exact) mass is 379 g/mol. The molecule has 6 nitrogen and oxygen atoms in total. The smallest absolute Gasteiger partial charge is 0.242 e. The van der Waals surface area contributed by atoms with Crippen molar-refractivity contribution in [3.05, 3.63) is 35.6 Å². The van der Waals surface area contributed by atoms with Gasteiger partial charge in [-0.05, 0) is 32.0 Å². The van der Waals surface area contributed by atoms with Crippen LogP contribution in [-0.4, -0.2) is 70.5 Å². The number of nitrogens with one attached hydrogen (secondary N) is 2. The molecule has 1 atom stereocenters. The van der Waals surface area contributed by atoms with Gasteiger partial charge in [0.25, 0.3) is 0 Å². The number of nitrogens with zero attached hydrogens (tertiary/aromatic N) is 1. The number of piperidine rings is 1. The molecule has 2 aliphatic heterocycles. The lowest BCUT2D eigenvalue weighted by molar-refractivity contribution is -0.129. The predicted molar refractivity (Wildman–Crippen MR) is 101 cm³/mol. The Kier molecular flexibility index (Phi) is 7.18. The molecule has 2 N–H and O–H groups in total. The van der Waals surface area contributed by atoms with Crippen LogP contribution in [0.1, 0.15) is 24.4 Å². The maximum absolute atomic E-state index is 14.5. The van der Waals surface area contributed by atoms with E-state index in [-0.39, 0.29) is 17.1 Å². The number of hydrogen-bond donors (Lipinski definition) is 2. The Morgan fingerprint density at radius 3 is 2.70 bits per heavy atom. The van der Waals surface area contributed by atoms with E-state index < -0.39 is 6.04 Å². The van der Waals surface area contributed by atoms with Crippen molar-refractivity contribution in [3.8, 4) is 0 Å². The van der Waals surface area contributed by atoms with Crippen LogP contribution in [0.2, 0.25) is 0 Å². The Morgan fingerprint density at radius 2 is 2.04 bits per heavy atom. The largest absolute Gasteiger partial charge is 0.384 e. The average Bonchev–Trinajstić information content (AvgIpc) is 2.70. The number of carbonyl (C=O) groups excluding carboxylic acids is 1. The Balaban J connectivity index is 1.75. The van der Waals surface area contributed by atoms with Gasteiger partial charge in [0, 0.05) is 37.7 Å². The minimum absolute atomic E-state index is 0.0690. The van der Waals surface area contributed by atoms with Gasteiger partial charge in [-0.25, -0.2) is 4.39 Å². The zero-order valence-electron chi connectivity index (χ0n) is 16.0. The van der Waals surface area contributed by atoms with Crippen molar-refractivity contribution >= 4 is 5.91 Å². The highest BCUT2D eigenvalue weighted by Gasteiger charge is 2.35. The number of halogens is 1. The van der Waals surface area contributed by atoms with Gasteiger partial charge in [0.15, 0.2) is 0 Å². The molecule has 2 saturated heterocycles. The fraction of sp³-hybridized carbons (Fsp3) is 0.650. The third-order valence-electron chi connectivity index (χ3n) is 5.61. The van der Waals surface area contributed by atoms with Gasteiger partial charge in [-0.15, -0.1) is 0 Å². The lowest BCUT2D eigenvalue weighted by atomic mass is 9.79. The van der Waals surface area contributed by atoms with Crippen LogP contribution in [0, 0.1) is 11.2 Å². The highest BCUT2D eigenvalue weighted by Crippen LogP contribution is 2.29. The van der Waals surface area contributed by atoms with E-state index in [1.54, 1.807) is 25.3 Å². The molecule has 0 saturated carbocycles. The maximum Gasteiger partial charge on any atom is 0.242 e. The number of amides is 1. The van der Waals surface area contributed by atoms with E-state index in [4.69, 9.17) is 9.47 Å². The quantitative estimate of drug-likeness (QED) is 0.749. The van der Waals surface area contributed by atoms with Crippen molar-refractivity contribution in [1.82, 2.24) is 15.5 Å². The molecule has 0 radical (unpaired) electrons. The Hall–Kier alpha value is -1.54. The molecular weight excluding hydrogens is 349 g/mol. The molecule has 2 heterocycles. The minimum atomic E-state index is -0.642. The highest BCUT2D eigenvalue weighted by molar-refractivity contribution is 5.83. The highest BCUT2D eigenvalue weighted by atomic mass is 19.1. The van der Waals surface area contributed by atoms with Crippen LogP contribution >= 0.6 is 0 Å². The molecule has 7 heteroatoms. The van der Waals surface area contributed by atoms with Crippen molar-refractivity contribution in [3.63, 3.8) is 0 Å². The Bertz CT molecular complexity index is 611. The lowest BCUT2D eigenvalue weighted by Gasteiger charge is -2.38. The average molecular weight is 379 g/mol. The zero-order chi connectivity index (χ0) is 19.1. The van der Waals surface area contributed by atoms with Crippen LogP contribution in [0.5, 0.6) is 0 Å². The van der Waals surface area contributed by atoms with E-state index in [0.29, 0.717) is 45.0 Å². The van der Waals surface area contributed by atoms with Gasteiger partial charge < -0.3 is 20.1 Å². The van der Waals surface area contributed by atoms with E-state index in [2.05, 4.69) is 10.6 Å². The van der Waals surface area contributed by atoms with E-state index >= 15 is 0 Å². The third kappa shape index (κ3) is 5.04. The molecule has 27 heavy (non-hydrogen) atoms. The molecule has 3 rings (SSSR count). The first-order valence-corrected chi connectivity index (χ1v) is 9.69. The fourth-order valence-corrected chi connectivity index (χ4v) is 4.04.